The van der Waals surface area contributed by atoms with Gasteiger partial charge in [-0.05, 0) is 107 Å². The summed E-state index contributed by atoms with van der Waals surface area (Å²) in [7, 11) is -15.9. The lowest BCUT2D eigenvalue weighted by Crippen LogP contribution is -2.41. The number of esters is 1. The molecule has 0 fully saturated rings. The number of halogens is 8. The number of benzene rings is 11. The molecule has 2 amide bonds. The summed E-state index contributed by atoms with van der Waals surface area (Å²) in [5, 5.41) is 9.35. The van der Waals surface area contributed by atoms with E-state index in [2.05, 4.69) is 54.4 Å². The summed E-state index contributed by atoms with van der Waals surface area (Å²) in [4.78, 5) is 83.4. The number of hydrogen-bond acceptors (Lipinski definition) is 17. The van der Waals surface area contributed by atoms with E-state index in [9.17, 15) is 85.2 Å². The second kappa shape index (κ2) is 32.1. The van der Waals surface area contributed by atoms with Crippen LogP contribution in [0.2, 0.25) is 0 Å². The average molecular weight is 1640 g/mol. The van der Waals surface area contributed by atoms with Gasteiger partial charge in [-0.2, -0.15) is 25.3 Å². The lowest BCUT2D eigenvalue weighted by atomic mass is 10.0. The predicted molar refractivity (Wildman–Crippen MR) is 418 cm³/mol. The molecule has 0 spiro atoms. The van der Waals surface area contributed by atoms with Crippen molar-refractivity contribution in [1.29, 1.82) is 0 Å². The summed E-state index contributed by atoms with van der Waals surface area (Å²) < 4.78 is 217. The largest absolute Gasteiger partial charge is 0.462 e. The minimum absolute atomic E-state index is 0.0119. The Labute approximate surface area is 650 Å². The molecule has 22 nitrogen and oxygen atoms in total. The van der Waals surface area contributed by atoms with Gasteiger partial charge in [-0.1, -0.05) is 167 Å². The van der Waals surface area contributed by atoms with Gasteiger partial charge in [0.05, 0.1) is 44.4 Å². The highest BCUT2D eigenvalue weighted by Gasteiger charge is 2.40. The summed E-state index contributed by atoms with van der Waals surface area (Å²) >= 11 is 0. The number of pyridine rings is 3. The molecule has 14 aromatic rings. The maximum absolute atomic E-state index is 15.0. The van der Waals surface area contributed by atoms with Gasteiger partial charge in [0.25, 0.3) is 28.5 Å². The van der Waals surface area contributed by atoms with E-state index >= 15 is 8.78 Å². The van der Waals surface area contributed by atoms with Crippen LogP contribution in [0.25, 0.3) is 96.5 Å². The number of ether oxygens (including phenoxy) is 1. The fourth-order valence-electron chi connectivity index (χ4n) is 12.3. The second-order valence-corrected chi connectivity index (χ2v) is 29.8. The number of Topliss-reactive ketones (excluding diaryl/α,β-unsaturated/α-hetero) is 1. The van der Waals surface area contributed by atoms with Crippen LogP contribution in [0, 0.1) is 46.5 Å². The van der Waals surface area contributed by atoms with Crippen LogP contribution < -0.4 is 56.2 Å². The maximum Gasteiger partial charge on any atom is 0.363 e. The molecule has 588 valence electrons. The van der Waals surface area contributed by atoms with Crippen molar-refractivity contribution in [2.75, 3.05) is 17.2 Å². The van der Waals surface area contributed by atoms with E-state index in [0.717, 1.165) is 10.9 Å². The van der Waals surface area contributed by atoms with Crippen LogP contribution in [-0.2, 0) is 39.9 Å². The van der Waals surface area contributed by atoms with Crippen molar-refractivity contribution in [2.45, 2.75) is 34.5 Å². The zero-order valence-electron chi connectivity index (χ0n) is 59.9. The molecule has 2 N–H and O–H groups in total. The monoisotopic (exact) mass is 1640 g/mol. The number of hydrogen-bond donors (Lipinski definition) is 2. The quantitative estimate of drug-likeness (QED) is 0.0169. The number of anilines is 2. The third-order valence-corrected chi connectivity index (χ3v) is 21.5. The van der Waals surface area contributed by atoms with Crippen LogP contribution in [0.1, 0.15) is 62.0 Å². The Morgan fingerprint density at radius 3 is 1.07 bits per heavy atom. The number of amides is 2. The summed E-state index contributed by atoms with van der Waals surface area (Å²) in [6, 6.07) is 47.3. The Hall–Kier alpha value is -14.2. The van der Waals surface area contributed by atoms with E-state index in [1.807, 2.05) is 24.3 Å². The molecule has 0 atom stereocenters. The first kappa shape index (κ1) is 81.3. The van der Waals surface area contributed by atoms with E-state index in [1.165, 1.54) is 97.9 Å². The van der Waals surface area contributed by atoms with Crippen LogP contribution in [0.5, 0.6) is 0 Å². The number of aromatic nitrogens is 3. The van der Waals surface area contributed by atoms with Crippen LogP contribution in [0.15, 0.2) is 236 Å². The summed E-state index contributed by atoms with van der Waals surface area (Å²) in [6.45, 7) is 22.7. The highest BCUT2D eigenvalue weighted by Crippen LogP contribution is 2.33. The van der Waals surface area contributed by atoms with Gasteiger partial charge in [-0.3, -0.25) is 41.6 Å². The highest BCUT2D eigenvalue weighted by atomic mass is 32.2. The number of nitrogens with zero attached hydrogens (tertiary/aromatic N) is 3. The molecule has 0 saturated carbocycles. The molecule has 3 heterocycles. The molecule has 0 aliphatic heterocycles. The lowest BCUT2D eigenvalue weighted by Gasteiger charge is -2.15. The van der Waals surface area contributed by atoms with Crippen molar-refractivity contribution in [3.8, 4) is 0 Å². The molecular formula is C83H55F8N5O17S3. The summed E-state index contributed by atoms with van der Waals surface area (Å²) in [6.07, 6.45) is 2.21. The van der Waals surface area contributed by atoms with Crippen molar-refractivity contribution in [3.63, 3.8) is 0 Å². The zero-order chi connectivity index (χ0) is 83.9. The van der Waals surface area contributed by atoms with Gasteiger partial charge in [0.15, 0.2) is 62.1 Å². The molecule has 0 bridgehead atoms. The van der Waals surface area contributed by atoms with Gasteiger partial charge in [0.2, 0.25) is 0 Å². The van der Waals surface area contributed by atoms with Crippen LogP contribution in [0.4, 0.5) is 46.5 Å². The van der Waals surface area contributed by atoms with E-state index in [0.29, 0.717) is 53.7 Å². The van der Waals surface area contributed by atoms with Crippen molar-refractivity contribution in [1.82, 2.24) is 14.2 Å². The minimum atomic E-state index is -5.75. The number of carbonyl (C=O) groups excluding carboxylic acids is 4. The van der Waals surface area contributed by atoms with Crippen molar-refractivity contribution >= 4 is 162 Å². The maximum atomic E-state index is 15.0. The Morgan fingerprint density at radius 1 is 0.414 bits per heavy atom. The van der Waals surface area contributed by atoms with Crippen molar-refractivity contribution in [3.05, 3.63) is 329 Å². The molecule has 0 aliphatic rings. The first-order chi connectivity index (χ1) is 55.0. The molecule has 11 aromatic carbocycles. The third-order valence-electron chi connectivity index (χ3n) is 17.9. The smallest absolute Gasteiger partial charge is 0.363 e. The SMILES string of the molecule is C=C(C)C(=O)OCCCC(=O)c1c(F)c(F)c(S(=O)(=O)On2c(=C)c3cccc4cccc(c2=O)c43)c(F)c1F.C=Cc1ccc(NC(=O)c2c(F)c(F)c(S(=O)(=O)On3c(=C)c4cccc5cccc(c3=O)c54)c(F)c2F)cc1.C=Cc1ccc(NC(=O)c2ccc(S(=O)(=O)On3c(=C)c4cccc5cccc(c3=O)c54)cc2)cc1. The molecule has 0 saturated heterocycles. The zero-order valence-corrected chi connectivity index (χ0v) is 62.3. The molecule has 14 rings (SSSR count). The number of nitrogens with one attached hydrogen (secondary N) is 2. The Morgan fingerprint density at radius 2 is 0.733 bits per heavy atom. The van der Waals surface area contributed by atoms with Gasteiger partial charge in [-0.25, -0.2) is 39.9 Å². The van der Waals surface area contributed by atoms with E-state index in [-0.39, 0.29) is 81.8 Å². The van der Waals surface area contributed by atoms with Gasteiger partial charge < -0.3 is 15.4 Å². The topological polar surface area (TPSA) is 298 Å². The molecular weight excluding hydrogens is 1590 g/mol. The van der Waals surface area contributed by atoms with Crippen molar-refractivity contribution in [2.24, 2.45) is 0 Å². The Kier molecular flexibility index (Phi) is 22.5. The van der Waals surface area contributed by atoms with Gasteiger partial charge in [0, 0.05) is 61.2 Å². The van der Waals surface area contributed by atoms with Gasteiger partial charge in [-0.15, -0.1) is 14.2 Å². The lowest BCUT2D eigenvalue weighted by molar-refractivity contribution is -0.139. The third kappa shape index (κ3) is 15.4. The number of carbonyl (C=O) groups is 4. The molecule has 116 heavy (non-hydrogen) atoms. The molecule has 0 radical (unpaired) electrons. The number of rotatable bonds is 21. The standard InChI is InChI=1S/C28H16F4N2O5S.C28H20N2O5S.C27H19F4NO7S/c1-3-15-10-12-17(13-11-15)33-27(35)21-22(29)24(31)26(25(32)23(21)30)40(37,38)39-34-14(2)18-8-4-6-16-7-5-9-19(20(16)18)28(34)36;1-3-19-10-14-22(15-11-19)29-27(31)21-12-16-23(17-13-21)36(33,34)35-30-18(2)24-8-4-6-20-7-5-9-25(26(20)24)28(30)32;1-13(2)27(35)38-12-6-11-18(33)20-21(28)23(30)25(24(31)22(20)29)40(36,37)39-32-14(3)16-9-4-7-15-8-5-10-17(19(15)16)26(32)34/h3-13H,1-2H2,(H,33,35);3-17H,1-2H2,(H,29,31);4-5,7-10H,1,3,6,11-12H2,2H3. The Bertz CT molecular complexity index is 7030. The van der Waals surface area contributed by atoms with Gasteiger partial charge >= 0.3 is 36.3 Å². The number of ketones is 1. The molecule has 33 heteroatoms. The normalized spacial score (nSPS) is 11.6. The summed E-state index contributed by atoms with van der Waals surface area (Å²) in [5.41, 5.74) is -3.66. The van der Waals surface area contributed by atoms with Gasteiger partial charge in [0.1, 0.15) is 10.5 Å². The van der Waals surface area contributed by atoms with Crippen LogP contribution >= 0.6 is 0 Å². The Balaban J connectivity index is 0.000000161. The molecule has 0 aliphatic carbocycles. The first-order valence-corrected chi connectivity index (χ1v) is 38.0. The van der Waals surface area contributed by atoms with E-state index < -0.39 is 144 Å². The minimum Gasteiger partial charge on any atom is -0.462 e. The first-order valence-electron chi connectivity index (χ1n) is 33.8. The predicted octanol–water partition coefficient (Wildman–Crippen LogP) is 12.3. The average Bonchev–Trinajstić information content (AvgIpc) is 0.728. The summed E-state index contributed by atoms with van der Waals surface area (Å²) in [5.74, 6) is -23.1. The van der Waals surface area contributed by atoms with Crippen molar-refractivity contribution < 1.29 is 97.1 Å². The molecule has 3 aromatic heterocycles. The van der Waals surface area contributed by atoms with E-state index in [4.69, 9.17) is 13.3 Å². The van der Waals surface area contributed by atoms with E-state index in [1.54, 1.807) is 78.9 Å². The highest BCUT2D eigenvalue weighted by molar-refractivity contribution is 7.87. The molecule has 0 unspecified atom stereocenters. The second-order valence-electron chi connectivity index (χ2n) is 25.3. The van der Waals surface area contributed by atoms with Crippen LogP contribution in [0.3, 0.4) is 0 Å². The fourth-order valence-corrected chi connectivity index (χ4v) is 15.3. The fraction of sp³-hybridized carbons (Fsp3) is 0.0482. The van der Waals surface area contributed by atoms with Crippen LogP contribution in [-0.4, -0.2) is 69.6 Å².